The molecule has 0 fully saturated rings. The van der Waals surface area contributed by atoms with Crippen LogP contribution in [0.4, 0.5) is 19.0 Å². The molecule has 0 saturated heterocycles. The highest BCUT2D eigenvalue weighted by Gasteiger charge is 2.32. The summed E-state index contributed by atoms with van der Waals surface area (Å²) in [6.07, 6.45) is -4.44. The van der Waals surface area contributed by atoms with Gasteiger partial charge in [-0.3, -0.25) is 0 Å². The van der Waals surface area contributed by atoms with Crippen LogP contribution < -0.4 is 5.32 Å². The Balaban J connectivity index is 2.15. The molecule has 2 aromatic rings. The molecule has 1 N–H and O–H groups in total. The lowest BCUT2D eigenvalue weighted by Crippen LogP contribution is -2.12. The summed E-state index contributed by atoms with van der Waals surface area (Å²) in [6, 6.07) is 10.7. The van der Waals surface area contributed by atoms with Crippen LogP contribution in [-0.4, -0.2) is 4.98 Å². The van der Waals surface area contributed by atoms with Crippen molar-refractivity contribution in [3.63, 3.8) is 0 Å². The molecule has 0 saturated carbocycles. The van der Waals surface area contributed by atoms with Gasteiger partial charge in [-0.15, -0.1) is 0 Å². The van der Waals surface area contributed by atoms with Gasteiger partial charge in [0.05, 0.1) is 0 Å². The summed E-state index contributed by atoms with van der Waals surface area (Å²) < 4.78 is 37.7. The second-order valence-electron chi connectivity index (χ2n) is 4.32. The Bertz CT molecular complexity index is 582. The minimum atomic E-state index is -4.44. The third-order valence-electron chi connectivity index (χ3n) is 2.77. The van der Waals surface area contributed by atoms with Gasteiger partial charge >= 0.3 is 6.18 Å². The fraction of sp³-hybridized carbons (Fsp3) is 0.214. The molecule has 1 aromatic heterocycles. The number of alkyl halides is 3. The van der Waals surface area contributed by atoms with Gasteiger partial charge in [-0.05, 0) is 36.8 Å². The molecule has 0 aliphatic rings. The van der Waals surface area contributed by atoms with Gasteiger partial charge in [0.15, 0.2) is 0 Å². The van der Waals surface area contributed by atoms with Crippen molar-refractivity contribution in [2.75, 3.05) is 5.32 Å². The maximum atomic E-state index is 12.6. The normalized spacial score (nSPS) is 13.1. The second kappa shape index (κ2) is 5.71. The highest BCUT2D eigenvalue weighted by atomic mass is 35.5. The van der Waals surface area contributed by atoms with Crippen molar-refractivity contribution in [1.82, 2.24) is 4.98 Å². The first-order valence-corrected chi connectivity index (χ1v) is 6.30. The molecule has 6 heteroatoms. The smallest absolute Gasteiger partial charge is 0.364 e. The van der Waals surface area contributed by atoms with E-state index in [9.17, 15) is 13.2 Å². The number of aromatic nitrogens is 1. The molecule has 0 aliphatic carbocycles. The monoisotopic (exact) mass is 300 g/mol. The van der Waals surface area contributed by atoms with Gasteiger partial charge in [0.1, 0.15) is 11.5 Å². The fourth-order valence-corrected chi connectivity index (χ4v) is 1.86. The van der Waals surface area contributed by atoms with Gasteiger partial charge in [0.25, 0.3) is 0 Å². The number of hydrogen-bond acceptors (Lipinski definition) is 2. The highest BCUT2D eigenvalue weighted by molar-refractivity contribution is 6.30. The zero-order valence-electron chi connectivity index (χ0n) is 10.6. The number of halogens is 4. The van der Waals surface area contributed by atoms with Crippen molar-refractivity contribution in [2.45, 2.75) is 19.1 Å². The van der Waals surface area contributed by atoms with Gasteiger partial charge in [-0.2, -0.15) is 13.2 Å². The lowest BCUT2D eigenvalue weighted by molar-refractivity contribution is -0.141. The van der Waals surface area contributed by atoms with E-state index in [-0.39, 0.29) is 11.9 Å². The molecule has 0 bridgehead atoms. The molecule has 0 radical (unpaired) electrons. The molecule has 1 unspecified atom stereocenters. The molecule has 20 heavy (non-hydrogen) atoms. The van der Waals surface area contributed by atoms with Crippen LogP contribution in [0.5, 0.6) is 0 Å². The third kappa shape index (κ3) is 3.63. The van der Waals surface area contributed by atoms with Crippen molar-refractivity contribution in [3.05, 3.63) is 58.7 Å². The Kier molecular flexibility index (Phi) is 4.18. The largest absolute Gasteiger partial charge is 0.433 e. The van der Waals surface area contributed by atoms with Crippen LogP contribution in [0.3, 0.4) is 0 Å². The van der Waals surface area contributed by atoms with Crippen LogP contribution in [0.1, 0.15) is 24.2 Å². The van der Waals surface area contributed by atoms with E-state index >= 15 is 0 Å². The Morgan fingerprint density at radius 2 is 1.75 bits per heavy atom. The number of anilines is 1. The molecule has 0 aliphatic heterocycles. The standard InChI is InChI=1S/C14H12ClF3N2/c1-9(10-5-7-11(15)8-6-10)19-13-4-2-3-12(20-13)14(16,17)18/h2-9H,1H3,(H,19,20). The van der Waals surface area contributed by atoms with E-state index < -0.39 is 11.9 Å². The number of hydrogen-bond donors (Lipinski definition) is 1. The number of pyridine rings is 1. The molecule has 0 spiro atoms. The van der Waals surface area contributed by atoms with E-state index in [1.165, 1.54) is 12.1 Å². The maximum Gasteiger partial charge on any atom is 0.433 e. The quantitative estimate of drug-likeness (QED) is 0.869. The summed E-state index contributed by atoms with van der Waals surface area (Å²) in [4.78, 5) is 3.56. The maximum absolute atomic E-state index is 12.6. The number of nitrogens with one attached hydrogen (secondary N) is 1. The van der Waals surface area contributed by atoms with E-state index in [0.717, 1.165) is 11.6 Å². The van der Waals surface area contributed by atoms with Gasteiger partial charge in [-0.1, -0.05) is 29.8 Å². The van der Waals surface area contributed by atoms with Crippen molar-refractivity contribution < 1.29 is 13.2 Å². The molecule has 106 valence electrons. The summed E-state index contributed by atoms with van der Waals surface area (Å²) >= 11 is 5.79. The number of benzene rings is 1. The van der Waals surface area contributed by atoms with E-state index in [1.807, 2.05) is 19.1 Å². The van der Waals surface area contributed by atoms with Crippen molar-refractivity contribution in [3.8, 4) is 0 Å². The molecule has 0 amide bonds. The second-order valence-corrected chi connectivity index (χ2v) is 4.76. The first-order valence-electron chi connectivity index (χ1n) is 5.92. The zero-order valence-corrected chi connectivity index (χ0v) is 11.3. The average Bonchev–Trinajstić information content (AvgIpc) is 2.38. The van der Waals surface area contributed by atoms with E-state index in [0.29, 0.717) is 5.02 Å². The predicted octanol–water partition coefficient (Wildman–Crippen LogP) is 4.93. The summed E-state index contributed by atoms with van der Waals surface area (Å²) in [6.45, 7) is 1.84. The molecule has 1 atom stereocenters. The van der Waals surface area contributed by atoms with Crippen LogP contribution in [0, 0.1) is 0 Å². The van der Waals surface area contributed by atoms with Crippen LogP contribution >= 0.6 is 11.6 Å². The SMILES string of the molecule is CC(Nc1cccc(C(F)(F)F)n1)c1ccc(Cl)cc1. The lowest BCUT2D eigenvalue weighted by Gasteiger charge is -2.16. The number of nitrogens with zero attached hydrogens (tertiary/aromatic N) is 1. The van der Waals surface area contributed by atoms with E-state index in [1.54, 1.807) is 12.1 Å². The predicted molar refractivity (Wildman–Crippen MR) is 72.7 cm³/mol. The topological polar surface area (TPSA) is 24.9 Å². The van der Waals surface area contributed by atoms with Crippen molar-refractivity contribution in [2.24, 2.45) is 0 Å². The Labute approximate surface area is 119 Å². The van der Waals surface area contributed by atoms with Crippen LogP contribution in [0.2, 0.25) is 5.02 Å². The number of rotatable bonds is 3. The van der Waals surface area contributed by atoms with Gasteiger partial charge in [0, 0.05) is 11.1 Å². The van der Waals surface area contributed by atoms with E-state index in [4.69, 9.17) is 11.6 Å². The van der Waals surface area contributed by atoms with Crippen molar-refractivity contribution in [1.29, 1.82) is 0 Å². The molecule has 1 aromatic carbocycles. The fourth-order valence-electron chi connectivity index (χ4n) is 1.73. The Morgan fingerprint density at radius 3 is 2.35 bits per heavy atom. The molecule has 2 nitrogen and oxygen atoms in total. The summed E-state index contributed by atoms with van der Waals surface area (Å²) in [5.41, 5.74) is -0.000539. The Morgan fingerprint density at radius 1 is 1.10 bits per heavy atom. The van der Waals surface area contributed by atoms with Crippen LogP contribution in [0.15, 0.2) is 42.5 Å². The van der Waals surface area contributed by atoms with Gasteiger partial charge < -0.3 is 5.32 Å². The molecule has 2 rings (SSSR count). The van der Waals surface area contributed by atoms with Crippen molar-refractivity contribution >= 4 is 17.4 Å². The average molecular weight is 301 g/mol. The summed E-state index contributed by atoms with van der Waals surface area (Å²) in [5, 5.41) is 3.55. The lowest BCUT2D eigenvalue weighted by atomic mass is 10.1. The minimum absolute atomic E-state index is 0.178. The Hall–Kier alpha value is -1.75. The minimum Gasteiger partial charge on any atom is -0.364 e. The molecule has 1 heterocycles. The highest BCUT2D eigenvalue weighted by Crippen LogP contribution is 2.29. The third-order valence-corrected chi connectivity index (χ3v) is 3.03. The zero-order chi connectivity index (χ0) is 14.8. The van der Waals surface area contributed by atoms with E-state index in [2.05, 4.69) is 10.3 Å². The first kappa shape index (κ1) is 14.7. The molecular formula is C14H12ClF3N2. The summed E-state index contributed by atoms with van der Waals surface area (Å²) in [7, 11) is 0. The summed E-state index contributed by atoms with van der Waals surface area (Å²) in [5.74, 6) is 0.183. The molecular weight excluding hydrogens is 289 g/mol. The van der Waals surface area contributed by atoms with Crippen LogP contribution in [-0.2, 0) is 6.18 Å². The first-order chi connectivity index (χ1) is 9.36. The van der Waals surface area contributed by atoms with Crippen LogP contribution in [0.25, 0.3) is 0 Å². The van der Waals surface area contributed by atoms with Gasteiger partial charge in [-0.25, -0.2) is 4.98 Å². The van der Waals surface area contributed by atoms with Gasteiger partial charge in [0.2, 0.25) is 0 Å².